The highest BCUT2D eigenvalue weighted by Crippen LogP contribution is 2.16. The van der Waals surface area contributed by atoms with Gasteiger partial charge in [0.15, 0.2) is 0 Å². The summed E-state index contributed by atoms with van der Waals surface area (Å²) >= 11 is 0. The monoisotopic (exact) mass is 324 g/mol. The van der Waals surface area contributed by atoms with Crippen LogP contribution in [0.5, 0.6) is 0 Å². The van der Waals surface area contributed by atoms with E-state index in [0.29, 0.717) is 5.69 Å². The molecule has 0 saturated carbocycles. The molecule has 2 aromatic carbocycles. The Labute approximate surface area is 139 Å². The van der Waals surface area contributed by atoms with Crippen molar-refractivity contribution in [3.63, 3.8) is 0 Å². The summed E-state index contributed by atoms with van der Waals surface area (Å²) in [4.78, 5) is 16.0. The fourth-order valence-electron chi connectivity index (χ4n) is 2.36. The molecule has 1 atom stereocenters. The number of hydrogen-bond acceptors (Lipinski definition) is 2. The summed E-state index contributed by atoms with van der Waals surface area (Å²) in [5.41, 5.74) is 2.37. The molecule has 0 saturated heterocycles. The van der Waals surface area contributed by atoms with Crippen LogP contribution in [-0.4, -0.2) is 15.6 Å². The topological polar surface area (TPSA) is 59.0 Å². The molecule has 5 nitrogen and oxygen atoms in total. The summed E-state index contributed by atoms with van der Waals surface area (Å²) in [7, 11) is 0. The number of nitrogens with zero attached hydrogens (tertiary/aromatic N) is 2. The Kier molecular flexibility index (Phi) is 4.56. The van der Waals surface area contributed by atoms with Crippen LogP contribution in [0.4, 0.5) is 14.9 Å². The van der Waals surface area contributed by atoms with E-state index in [2.05, 4.69) is 15.6 Å². The van der Waals surface area contributed by atoms with Crippen molar-refractivity contribution in [1.82, 2.24) is 14.9 Å². The van der Waals surface area contributed by atoms with Crippen molar-refractivity contribution < 1.29 is 9.18 Å². The smallest absolute Gasteiger partial charge is 0.319 e. The fourth-order valence-corrected chi connectivity index (χ4v) is 2.36. The van der Waals surface area contributed by atoms with Gasteiger partial charge in [0.2, 0.25) is 0 Å². The van der Waals surface area contributed by atoms with Crippen molar-refractivity contribution >= 4 is 11.7 Å². The first-order chi connectivity index (χ1) is 11.6. The Hall–Kier alpha value is -3.15. The normalized spacial score (nSPS) is 11.8. The molecule has 1 aromatic heterocycles. The number of amides is 2. The van der Waals surface area contributed by atoms with Gasteiger partial charge in [0.1, 0.15) is 5.82 Å². The largest absolute Gasteiger partial charge is 0.331 e. The molecule has 0 fully saturated rings. The zero-order valence-corrected chi connectivity index (χ0v) is 13.1. The van der Waals surface area contributed by atoms with Crippen LogP contribution in [0.25, 0.3) is 5.69 Å². The highest BCUT2D eigenvalue weighted by atomic mass is 19.1. The van der Waals surface area contributed by atoms with Crippen molar-refractivity contribution in [1.29, 1.82) is 0 Å². The fraction of sp³-hybridized carbons (Fsp3) is 0.111. The van der Waals surface area contributed by atoms with Crippen LogP contribution in [0.1, 0.15) is 18.5 Å². The number of urea groups is 1. The maximum absolute atomic E-state index is 13.1. The summed E-state index contributed by atoms with van der Waals surface area (Å²) in [6.07, 6.45) is 5.31. The molecule has 0 aliphatic carbocycles. The van der Waals surface area contributed by atoms with Crippen molar-refractivity contribution in [2.75, 3.05) is 5.32 Å². The molecule has 3 aromatic rings. The number of anilines is 1. The van der Waals surface area contributed by atoms with Gasteiger partial charge in [-0.3, -0.25) is 0 Å². The summed E-state index contributed by atoms with van der Waals surface area (Å²) in [5, 5.41) is 5.44. The molecule has 3 rings (SSSR count). The number of halogens is 1. The minimum atomic E-state index is -0.393. The summed E-state index contributed by atoms with van der Waals surface area (Å²) < 4.78 is 15.0. The molecular weight excluding hydrogens is 307 g/mol. The van der Waals surface area contributed by atoms with Crippen molar-refractivity contribution in [3.8, 4) is 5.69 Å². The summed E-state index contributed by atoms with van der Waals surface area (Å²) in [6.45, 7) is 1.89. The van der Waals surface area contributed by atoms with Gasteiger partial charge in [0.25, 0.3) is 0 Å². The van der Waals surface area contributed by atoms with E-state index >= 15 is 0 Å². The molecular formula is C18H17FN4O. The van der Waals surface area contributed by atoms with Gasteiger partial charge in [-0.15, -0.1) is 0 Å². The number of nitrogens with one attached hydrogen (secondary N) is 2. The Bertz CT molecular complexity index is 815. The first-order valence-corrected chi connectivity index (χ1v) is 7.53. The average molecular weight is 324 g/mol. The lowest BCUT2D eigenvalue weighted by atomic mass is 10.1. The predicted molar refractivity (Wildman–Crippen MR) is 90.5 cm³/mol. The van der Waals surface area contributed by atoms with Gasteiger partial charge in [0, 0.05) is 23.8 Å². The second-order valence-corrected chi connectivity index (χ2v) is 5.39. The number of aromatic nitrogens is 2. The number of carbonyl (C=O) groups is 1. The molecule has 6 heteroatoms. The predicted octanol–water partition coefficient (Wildman–Crippen LogP) is 3.89. The molecule has 1 heterocycles. The zero-order chi connectivity index (χ0) is 16.9. The molecule has 0 radical (unpaired) electrons. The molecule has 122 valence electrons. The van der Waals surface area contributed by atoms with Crippen LogP contribution >= 0.6 is 0 Å². The quantitative estimate of drug-likeness (QED) is 0.765. The van der Waals surface area contributed by atoms with Gasteiger partial charge in [0.05, 0.1) is 12.4 Å². The summed E-state index contributed by atoms with van der Waals surface area (Å²) in [6, 6.07) is 13.0. The van der Waals surface area contributed by atoms with Crippen LogP contribution in [0.15, 0.2) is 67.3 Å². The van der Waals surface area contributed by atoms with Crippen LogP contribution in [0.3, 0.4) is 0 Å². The molecule has 0 aliphatic heterocycles. The van der Waals surface area contributed by atoms with Gasteiger partial charge in [-0.05, 0) is 42.8 Å². The average Bonchev–Trinajstić information content (AvgIpc) is 3.09. The molecule has 0 bridgehead atoms. The minimum absolute atomic E-state index is 0.185. The van der Waals surface area contributed by atoms with E-state index in [1.165, 1.54) is 12.1 Å². The van der Waals surface area contributed by atoms with E-state index in [0.717, 1.165) is 11.3 Å². The van der Waals surface area contributed by atoms with Crippen LogP contribution in [0.2, 0.25) is 0 Å². The molecule has 2 N–H and O–H groups in total. The van der Waals surface area contributed by atoms with Gasteiger partial charge in [-0.1, -0.05) is 18.2 Å². The lowest BCUT2D eigenvalue weighted by Gasteiger charge is -2.15. The molecule has 1 unspecified atom stereocenters. The van der Waals surface area contributed by atoms with Crippen molar-refractivity contribution in [2.24, 2.45) is 0 Å². The molecule has 24 heavy (non-hydrogen) atoms. The molecule has 0 aliphatic rings. The molecule has 0 spiro atoms. The van der Waals surface area contributed by atoms with Gasteiger partial charge in [-0.2, -0.15) is 0 Å². The first-order valence-electron chi connectivity index (χ1n) is 7.53. The third-order valence-electron chi connectivity index (χ3n) is 3.63. The number of imidazole rings is 1. The first kappa shape index (κ1) is 15.7. The Balaban J connectivity index is 1.62. The standard InChI is InChI=1S/C18H17FN4O/c1-13(21-18(24)22-16-4-2-3-15(19)11-16)14-5-7-17(8-6-14)23-10-9-20-12-23/h2-13H,1H3,(H2,21,22,24). The van der Waals surface area contributed by atoms with E-state index < -0.39 is 5.82 Å². The maximum atomic E-state index is 13.1. The lowest BCUT2D eigenvalue weighted by molar-refractivity contribution is 0.249. The van der Waals surface area contributed by atoms with Crippen molar-refractivity contribution in [2.45, 2.75) is 13.0 Å². The van der Waals surface area contributed by atoms with E-state index in [1.807, 2.05) is 42.0 Å². The van der Waals surface area contributed by atoms with E-state index in [1.54, 1.807) is 24.7 Å². The van der Waals surface area contributed by atoms with Crippen LogP contribution < -0.4 is 10.6 Å². The van der Waals surface area contributed by atoms with Crippen LogP contribution in [0, 0.1) is 5.82 Å². The van der Waals surface area contributed by atoms with Crippen LogP contribution in [-0.2, 0) is 0 Å². The highest BCUT2D eigenvalue weighted by Gasteiger charge is 2.10. The van der Waals surface area contributed by atoms with E-state index in [9.17, 15) is 9.18 Å². The van der Waals surface area contributed by atoms with Gasteiger partial charge < -0.3 is 15.2 Å². The SMILES string of the molecule is CC(NC(=O)Nc1cccc(F)c1)c1ccc(-n2ccnc2)cc1. The number of benzene rings is 2. The molecule has 2 amide bonds. The third-order valence-corrected chi connectivity index (χ3v) is 3.63. The minimum Gasteiger partial charge on any atom is -0.331 e. The Morgan fingerprint density at radius 2 is 2.00 bits per heavy atom. The Morgan fingerprint density at radius 3 is 2.67 bits per heavy atom. The second-order valence-electron chi connectivity index (χ2n) is 5.39. The third kappa shape index (κ3) is 3.78. The van der Waals surface area contributed by atoms with E-state index in [-0.39, 0.29) is 12.1 Å². The number of rotatable bonds is 4. The highest BCUT2D eigenvalue weighted by molar-refractivity contribution is 5.89. The van der Waals surface area contributed by atoms with Gasteiger partial charge >= 0.3 is 6.03 Å². The zero-order valence-electron chi connectivity index (χ0n) is 13.1. The lowest BCUT2D eigenvalue weighted by Crippen LogP contribution is -2.31. The Morgan fingerprint density at radius 1 is 1.21 bits per heavy atom. The maximum Gasteiger partial charge on any atom is 0.319 e. The summed E-state index contributed by atoms with van der Waals surface area (Å²) in [5.74, 6) is -0.393. The second kappa shape index (κ2) is 6.95. The van der Waals surface area contributed by atoms with Crippen molar-refractivity contribution in [3.05, 3.63) is 78.6 Å². The number of carbonyl (C=O) groups excluding carboxylic acids is 1. The van der Waals surface area contributed by atoms with E-state index in [4.69, 9.17) is 0 Å². The number of hydrogen-bond donors (Lipinski definition) is 2. The van der Waals surface area contributed by atoms with Gasteiger partial charge in [-0.25, -0.2) is 14.2 Å².